The molecule has 0 saturated carbocycles. The molecule has 124 valence electrons. The van der Waals surface area contributed by atoms with Crippen LogP contribution in [-0.2, 0) is 0 Å². The zero-order valence-electron chi connectivity index (χ0n) is 13.7. The van der Waals surface area contributed by atoms with Crippen molar-refractivity contribution in [2.45, 2.75) is 13.0 Å². The van der Waals surface area contributed by atoms with E-state index in [1.54, 1.807) is 14.0 Å². The number of aromatic nitrogens is 2. The minimum atomic E-state index is -0.559. The lowest BCUT2D eigenvalue weighted by Crippen LogP contribution is -2.36. The van der Waals surface area contributed by atoms with Crippen molar-refractivity contribution in [1.82, 2.24) is 14.7 Å². The van der Waals surface area contributed by atoms with Gasteiger partial charge >= 0.3 is 6.03 Å². The van der Waals surface area contributed by atoms with Crippen LogP contribution in [0.2, 0.25) is 0 Å². The number of para-hydroxylation sites is 1. The molecular formula is C18H20N4O2. The number of aliphatic hydroxyl groups is 1. The average molecular weight is 324 g/mol. The molecule has 0 saturated heterocycles. The molecule has 1 heterocycles. The van der Waals surface area contributed by atoms with Gasteiger partial charge in [0.2, 0.25) is 0 Å². The van der Waals surface area contributed by atoms with Gasteiger partial charge in [-0.05, 0) is 37.3 Å². The summed E-state index contributed by atoms with van der Waals surface area (Å²) < 4.78 is 1.86. The van der Waals surface area contributed by atoms with Crippen LogP contribution in [0.4, 0.5) is 10.5 Å². The minimum Gasteiger partial charge on any atom is -0.392 e. The van der Waals surface area contributed by atoms with Crippen molar-refractivity contribution in [2.24, 2.45) is 0 Å². The molecule has 0 aliphatic carbocycles. The first-order valence-corrected chi connectivity index (χ1v) is 7.78. The van der Waals surface area contributed by atoms with Crippen LogP contribution in [0.1, 0.15) is 6.92 Å². The van der Waals surface area contributed by atoms with Gasteiger partial charge in [0.05, 0.1) is 23.5 Å². The van der Waals surface area contributed by atoms with Crippen molar-refractivity contribution < 1.29 is 9.90 Å². The monoisotopic (exact) mass is 324 g/mol. The second kappa shape index (κ2) is 6.72. The van der Waals surface area contributed by atoms with Crippen LogP contribution in [0.15, 0.2) is 54.7 Å². The Hall–Kier alpha value is -2.86. The Kier molecular flexibility index (Phi) is 4.48. The molecule has 6 nitrogen and oxygen atoms in total. The van der Waals surface area contributed by atoms with Crippen molar-refractivity contribution in [1.29, 1.82) is 0 Å². The fraction of sp³-hybridized carbons (Fsp3) is 0.222. The number of amides is 2. The molecule has 2 aromatic carbocycles. The molecule has 6 heteroatoms. The summed E-state index contributed by atoms with van der Waals surface area (Å²) >= 11 is 0. The highest BCUT2D eigenvalue weighted by molar-refractivity contribution is 5.89. The molecule has 24 heavy (non-hydrogen) atoms. The van der Waals surface area contributed by atoms with Crippen LogP contribution in [0, 0.1) is 0 Å². The molecule has 1 aromatic heterocycles. The Morgan fingerprint density at radius 3 is 2.67 bits per heavy atom. The fourth-order valence-electron chi connectivity index (χ4n) is 2.56. The van der Waals surface area contributed by atoms with Gasteiger partial charge in [-0.2, -0.15) is 5.10 Å². The Morgan fingerprint density at radius 1 is 1.25 bits per heavy atom. The van der Waals surface area contributed by atoms with Gasteiger partial charge in [0.15, 0.2) is 0 Å². The Bertz CT molecular complexity index is 840. The SMILES string of the molecule is C[C@@H](O)CN(C)C(=O)Nc1ccc(-n2ncc3ccccc32)cc1. The molecular weight excluding hydrogens is 304 g/mol. The predicted octanol–water partition coefficient (Wildman–Crippen LogP) is 2.87. The van der Waals surface area contributed by atoms with Crippen LogP contribution < -0.4 is 5.32 Å². The number of hydrogen-bond acceptors (Lipinski definition) is 3. The first-order valence-electron chi connectivity index (χ1n) is 7.78. The lowest BCUT2D eigenvalue weighted by atomic mass is 10.2. The summed E-state index contributed by atoms with van der Waals surface area (Å²) in [5, 5.41) is 17.6. The first kappa shape index (κ1) is 16.0. The van der Waals surface area contributed by atoms with Gasteiger partial charge in [0.25, 0.3) is 0 Å². The van der Waals surface area contributed by atoms with Gasteiger partial charge in [0, 0.05) is 24.7 Å². The summed E-state index contributed by atoms with van der Waals surface area (Å²) in [7, 11) is 1.65. The quantitative estimate of drug-likeness (QED) is 0.775. The second-order valence-corrected chi connectivity index (χ2v) is 5.82. The number of rotatable bonds is 4. The maximum Gasteiger partial charge on any atom is 0.321 e. The number of nitrogens with zero attached hydrogens (tertiary/aromatic N) is 3. The number of aliphatic hydroxyl groups excluding tert-OH is 1. The lowest BCUT2D eigenvalue weighted by molar-refractivity contribution is 0.149. The molecule has 2 amide bonds. The van der Waals surface area contributed by atoms with Gasteiger partial charge in [-0.1, -0.05) is 18.2 Å². The van der Waals surface area contributed by atoms with Crippen molar-refractivity contribution in [3.63, 3.8) is 0 Å². The summed E-state index contributed by atoms with van der Waals surface area (Å²) in [5.74, 6) is 0. The highest BCUT2D eigenvalue weighted by Gasteiger charge is 2.11. The topological polar surface area (TPSA) is 70.4 Å². The molecule has 0 spiro atoms. The van der Waals surface area contributed by atoms with E-state index in [4.69, 9.17) is 0 Å². The Morgan fingerprint density at radius 2 is 1.96 bits per heavy atom. The zero-order chi connectivity index (χ0) is 17.1. The molecule has 0 radical (unpaired) electrons. The van der Waals surface area contributed by atoms with Crippen LogP contribution in [0.3, 0.4) is 0 Å². The Labute approximate surface area is 140 Å². The van der Waals surface area contributed by atoms with E-state index < -0.39 is 6.10 Å². The van der Waals surface area contributed by atoms with E-state index in [2.05, 4.69) is 10.4 Å². The van der Waals surface area contributed by atoms with Crippen molar-refractivity contribution in [3.05, 3.63) is 54.7 Å². The van der Waals surface area contributed by atoms with E-state index in [1.807, 2.05) is 59.4 Å². The molecule has 0 bridgehead atoms. The second-order valence-electron chi connectivity index (χ2n) is 5.82. The number of carbonyl (C=O) groups excluding carboxylic acids is 1. The number of likely N-dealkylation sites (N-methyl/N-ethyl adjacent to an activating group) is 1. The standard InChI is InChI=1S/C18H20N4O2/c1-13(23)12-21(2)18(24)20-15-7-9-16(10-8-15)22-17-6-4-3-5-14(17)11-19-22/h3-11,13,23H,12H2,1-2H3,(H,20,24)/t13-/m1/s1. The molecule has 0 fully saturated rings. The Balaban J connectivity index is 1.75. The van der Waals surface area contributed by atoms with Gasteiger partial charge in [-0.25, -0.2) is 9.48 Å². The summed E-state index contributed by atoms with van der Waals surface area (Å²) in [5.41, 5.74) is 2.65. The van der Waals surface area contributed by atoms with Crippen LogP contribution >= 0.6 is 0 Å². The van der Waals surface area contributed by atoms with Crippen molar-refractivity contribution in [2.75, 3.05) is 18.9 Å². The number of urea groups is 1. The van der Waals surface area contributed by atoms with E-state index in [-0.39, 0.29) is 12.6 Å². The number of benzene rings is 2. The van der Waals surface area contributed by atoms with Gasteiger partial charge in [-0.3, -0.25) is 0 Å². The average Bonchev–Trinajstić information content (AvgIpc) is 2.99. The normalized spacial score (nSPS) is 12.1. The number of nitrogens with one attached hydrogen (secondary N) is 1. The highest BCUT2D eigenvalue weighted by Crippen LogP contribution is 2.19. The highest BCUT2D eigenvalue weighted by atomic mass is 16.3. The maximum absolute atomic E-state index is 12.0. The molecule has 3 rings (SSSR count). The summed E-state index contributed by atoms with van der Waals surface area (Å²) in [4.78, 5) is 13.5. The van der Waals surface area contributed by atoms with E-state index in [1.165, 1.54) is 4.90 Å². The molecule has 2 N–H and O–H groups in total. The third-order valence-electron chi connectivity index (χ3n) is 3.73. The maximum atomic E-state index is 12.0. The van der Waals surface area contributed by atoms with Gasteiger partial charge in [-0.15, -0.1) is 0 Å². The van der Waals surface area contributed by atoms with Gasteiger partial charge < -0.3 is 15.3 Å². The summed E-state index contributed by atoms with van der Waals surface area (Å²) in [6.45, 7) is 1.93. The zero-order valence-corrected chi connectivity index (χ0v) is 13.7. The molecule has 0 aliphatic rings. The van der Waals surface area contributed by atoms with Gasteiger partial charge in [0.1, 0.15) is 0 Å². The van der Waals surface area contributed by atoms with Crippen LogP contribution in [0.25, 0.3) is 16.6 Å². The van der Waals surface area contributed by atoms with Crippen LogP contribution in [-0.4, -0.2) is 45.5 Å². The van der Waals surface area contributed by atoms with Crippen LogP contribution in [0.5, 0.6) is 0 Å². The molecule has 0 unspecified atom stereocenters. The molecule has 3 aromatic rings. The van der Waals surface area contributed by atoms with E-state index >= 15 is 0 Å². The van der Waals surface area contributed by atoms with E-state index in [0.717, 1.165) is 16.6 Å². The number of anilines is 1. The molecule has 1 atom stereocenters. The van der Waals surface area contributed by atoms with E-state index in [0.29, 0.717) is 5.69 Å². The first-order chi connectivity index (χ1) is 11.5. The van der Waals surface area contributed by atoms with E-state index in [9.17, 15) is 9.90 Å². The number of carbonyl (C=O) groups is 1. The minimum absolute atomic E-state index is 0.256. The number of fused-ring (bicyclic) bond motifs is 1. The third-order valence-corrected chi connectivity index (χ3v) is 3.73. The largest absolute Gasteiger partial charge is 0.392 e. The third kappa shape index (κ3) is 3.38. The predicted molar refractivity (Wildman–Crippen MR) is 94.4 cm³/mol. The lowest BCUT2D eigenvalue weighted by Gasteiger charge is -2.19. The number of hydrogen-bond donors (Lipinski definition) is 2. The van der Waals surface area contributed by atoms with Crippen molar-refractivity contribution in [3.8, 4) is 5.69 Å². The fourth-order valence-corrected chi connectivity index (χ4v) is 2.56. The summed E-state index contributed by atoms with van der Waals surface area (Å²) in [6, 6.07) is 15.2. The molecule has 0 aliphatic heterocycles. The summed E-state index contributed by atoms with van der Waals surface area (Å²) in [6.07, 6.45) is 1.27. The smallest absolute Gasteiger partial charge is 0.321 e. The van der Waals surface area contributed by atoms with Crippen molar-refractivity contribution >= 4 is 22.6 Å².